The molecule has 0 fully saturated rings. The number of nitrogens with zero attached hydrogens (tertiary/aromatic N) is 2. The first-order valence-electron chi connectivity index (χ1n) is 11.9. The standard InChI is InChI=1S/C31H27N3O2/c1-22-17-19-24(20-18-22)21-34(31(35)36-26-13-7-4-8-14-26)28-16-10-9-15-27(28)29-23(2)32-30(33-29)25-11-5-3-6-12-25/h3-20H,21H2,1-2H3,(H,32,33). The van der Waals surface area contributed by atoms with E-state index in [1.165, 1.54) is 0 Å². The SMILES string of the molecule is Cc1ccc(CN(C(=O)Oc2ccccc2)c2ccccc2-c2nc(-c3ccccc3)[nH]c2C)cc1. The van der Waals surface area contributed by atoms with Crippen molar-refractivity contribution in [3.8, 4) is 28.4 Å². The van der Waals surface area contributed by atoms with Crippen LogP contribution in [0.2, 0.25) is 0 Å². The van der Waals surface area contributed by atoms with Crippen molar-refractivity contribution in [1.82, 2.24) is 9.97 Å². The molecule has 0 unspecified atom stereocenters. The molecule has 0 atom stereocenters. The molecule has 0 radical (unpaired) electrons. The van der Waals surface area contributed by atoms with Crippen LogP contribution < -0.4 is 9.64 Å². The predicted octanol–water partition coefficient (Wildman–Crippen LogP) is 7.57. The summed E-state index contributed by atoms with van der Waals surface area (Å²) in [5.41, 5.74) is 6.48. The molecule has 5 aromatic rings. The Kier molecular flexibility index (Phi) is 6.63. The Balaban J connectivity index is 1.56. The summed E-state index contributed by atoms with van der Waals surface area (Å²) in [6.45, 7) is 4.40. The zero-order valence-electron chi connectivity index (χ0n) is 20.3. The third kappa shape index (κ3) is 5.05. The van der Waals surface area contributed by atoms with Crippen LogP contribution in [0.25, 0.3) is 22.6 Å². The molecule has 1 amide bonds. The number of aryl methyl sites for hydroxylation is 2. The van der Waals surface area contributed by atoms with Gasteiger partial charge in [-0.05, 0) is 37.6 Å². The molecule has 5 heteroatoms. The van der Waals surface area contributed by atoms with E-state index in [1.54, 1.807) is 17.0 Å². The number of anilines is 1. The fourth-order valence-electron chi connectivity index (χ4n) is 4.13. The zero-order valence-corrected chi connectivity index (χ0v) is 20.3. The average molecular weight is 474 g/mol. The lowest BCUT2D eigenvalue weighted by molar-refractivity contribution is 0.207. The summed E-state index contributed by atoms with van der Waals surface area (Å²) in [7, 11) is 0. The Hall–Kier alpha value is -4.64. The highest BCUT2D eigenvalue weighted by molar-refractivity contribution is 5.94. The number of rotatable bonds is 6. The first-order chi connectivity index (χ1) is 17.6. The Labute approximate surface area is 211 Å². The minimum absolute atomic E-state index is 0.359. The van der Waals surface area contributed by atoms with Crippen molar-refractivity contribution in [1.29, 1.82) is 0 Å². The lowest BCUT2D eigenvalue weighted by Crippen LogP contribution is -2.33. The molecule has 1 heterocycles. The van der Waals surface area contributed by atoms with E-state index in [1.807, 2.05) is 111 Å². The molecule has 36 heavy (non-hydrogen) atoms. The summed E-state index contributed by atoms with van der Waals surface area (Å²) in [4.78, 5) is 23.6. The Morgan fingerprint density at radius 3 is 2.17 bits per heavy atom. The highest BCUT2D eigenvalue weighted by atomic mass is 16.6. The van der Waals surface area contributed by atoms with Gasteiger partial charge >= 0.3 is 6.09 Å². The number of ether oxygens (including phenoxy) is 1. The quantitative estimate of drug-likeness (QED) is 0.277. The lowest BCUT2D eigenvalue weighted by Gasteiger charge is -2.24. The zero-order chi connectivity index (χ0) is 24.9. The number of benzene rings is 4. The van der Waals surface area contributed by atoms with E-state index in [9.17, 15) is 4.79 Å². The van der Waals surface area contributed by atoms with Crippen LogP contribution in [0, 0.1) is 13.8 Å². The second-order valence-corrected chi connectivity index (χ2v) is 8.69. The van der Waals surface area contributed by atoms with Gasteiger partial charge in [-0.25, -0.2) is 9.78 Å². The number of hydrogen-bond acceptors (Lipinski definition) is 3. The molecule has 1 aromatic heterocycles. The molecule has 0 bridgehead atoms. The second kappa shape index (κ2) is 10.3. The van der Waals surface area contributed by atoms with Crippen LogP contribution in [0.15, 0.2) is 109 Å². The van der Waals surface area contributed by atoms with E-state index >= 15 is 0 Å². The molecule has 0 aliphatic heterocycles. The van der Waals surface area contributed by atoms with Crippen molar-refractivity contribution >= 4 is 11.8 Å². The third-order valence-electron chi connectivity index (χ3n) is 6.01. The molecule has 4 aromatic carbocycles. The Morgan fingerprint density at radius 1 is 0.806 bits per heavy atom. The number of amides is 1. The Bertz CT molecular complexity index is 1460. The molecule has 0 spiro atoms. The van der Waals surface area contributed by atoms with Crippen LogP contribution in [-0.2, 0) is 6.54 Å². The molecular weight excluding hydrogens is 446 g/mol. The highest BCUT2D eigenvalue weighted by Gasteiger charge is 2.24. The largest absolute Gasteiger partial charge is 0.420 e. The summed E-state index contributed by atoms with van der Waals surface area (Å²) < 4.78 is 5.78. The molecule has 0 saturated carbocycles. The van der Waals surface area contributed by atoms with Gasteiger partial charge in [0.15, 0.2) is 0 Å². The fourth-order valence-corrected chi connectivity index (χ4v) is 4.13. The van der Waals surface area contributed by atoms with Crippen molar-refractivity contribution < 1.29 is 9.53 Å². The van der Waals surface area contributed by atoms with Gasteiger partial charge in [0.1, 0.15) is 11.6 Å². The van der Waals surface area contributed by atoms with Crippen molar-refractivity contribution in [3.05, 3.63) is 126 Å². The second-order valence-electron chi connectivity index (χ2n) is 8.69. The van der Waals surface area contributed by atoms with E-state index in [4.69, 9.17) is 9.72 Å². The summed E-state index contributed by atoms with van der Waals surface area (Å²) >= 11 is 0. The van der Waals surface area contributed by atoms with Crippen LogP contribution in [0.5, 0.6) is 5.75 Å². The van der Waals surface area contributed by atoms with Crippen molar-refractivity contribution in [3.63, 3.8) is 0 Å². The predicted molar refractivity (Wildman–Crippen MR) is 144 cm³/mol. The lowest BCUT2D eigenvalue weighted by atomic mass is 10.1. The number of nitrogens with one attached hydrogen (secondary N) is 1. The van der Waals surface area contributed by atoms with Gasteiger partial charge in [0.2, 0.25) is 0 Å². The van der Waals surface area contributed by atoms with Gasteiger partial charge in [-0.3, -0.25) is 4.90 Å². The fraction of sp³-hybridized carbons (Fsp3) is 0.0968. The van der Waals surface area contributed by atoms with Crippen LogP contribution in [0.1, 0.15) is 16.8 Å². The number of hydrogen-bond donors (Lipinski definition) is 1. The van der Waals surface area contributed by atoms with Crippen LogP contribution >= 0.6 is 0 Å². The third-order valence-corrected chi connectivity index (χ3v) is 6.01. The summed E-state index contributed by atoms with van der Waals surface area (Å²) in [6.07, 6.45) is -0.453. The summed E-state index contributed by atoms with van der Waals surface area (Å²) in [6, 6.07) is 35.1. The molecule has 0 aliphatic carbocycles. The molecule has 178 valence electrons. The first-order valence-corrected chi connectivity index (χ1v) is 11.9. The number of aromatic amines is 1. The van der Waals surface area contributed by atoms with Crippen LogP contribution in [0.3, 0.4) is 0 Å². The van der Waals surface area contributed by atoms with E-state index in [-0.39, 0.29) is 0 Å². The van der Waals surface area contributed by atoms with Gasteiger partial charge in [-0.1, -0.05) is 96.6 Å². The van der Waals surface area contributed by atoms with Crippen LogP contribution in [0.4, 0.5) is 10.5 Å². The molecule has 0 aliphatic rings. The van der Waals surface area contributed by atoms with Gasteiger partial charge in [-0.15, -0.1) is 0 Å². The maximum absolute atomic E-state index is 13.6. The van der Waals surface area contributed by atoms with Gasteiger partial charge in [-0.2, -0.15) is 0 Å². The van der Waals surface area contributed by atoms with Crippen molar-refractivity contribution in [2.45, 2.75) is 20.4 Å². The van der Waals surface area contributed by atoms with E-state index in [0.29, 0.717) is 12.3 Å². The number of imidazole rings is 1. The molecule has 0 saturated heterocycles. The summed E-state index contributed by atoms with van der Waals surface area (Å²) in [5.74, 6) is 1.28. The maximum atomic E-state index is 13.6. The number of carbonyl (C=O) groups is 1. The molecule has 5 nitrogen and oxygen atoms in total. The number of carbonyl (C=O) groups excluding carboxylic acids is 1. The maximum Gasteiger partial charge on any atom is 0.420 e. The van der Waals surface area contributed by atoms with Gasteiger partial charge < -0.3 is 9.72 Å². The van der Waals surface area contributed by atoms with Crippen molar-refractivity contribution in [2.75, 3.05) is 4.90 Å². The minimum atomic E-state index is -0.453. The smallest absolute Gasteiger partial charge is 0.410 e. The van der Waals surface area contributed by atoms with E-state index in [2.05, 4.69) is 4.98 Å². The van der Waals surface area contributed by atoms with E-state index in [0.717, 1.165) is 45.2 Å². The number of H-pyrrole nitrogens is 1. The monoisotopic (exact) mass is 473 g/mol. The topological polar surface area (TPSA) is 58.2 Å². The van der Waals surface area contributed by atoms with Gasteiger partial charge in [0, 0.05) is 16.8 Å². The minimum Gasteiger partial charge on any atom is -0.410 e. The number of para-hydroxylation sites is 2. The average Bonchev–Trinajstić information content (AvgIpc) is 3.31. The summed E-state index contributed by atoms with van der Waals surface area (Å²) in [5, 5.41) is 0. The first kappa shape index (κ1) is 23.1. The molecular formula is C31H27N3O2. The highest BCUT2D eigenvalue weighted by Crippen LogP contribution is 2.34. The van der Waals surface area contributed by atoms with Gasteiger partial charge in [0.25, 0.3) is 0 Å². The van der Waals surface area contributed by atoms with Crippen molar-refractivity contribution in [2.24, 2.45) is 0 Å². The normalized spacial score (nSPS) is 10.7. The number of aromatic nitrogens is 2. The van der Waals surface area contributed by atoms with Gasteiger partial charge in [0.05, 0.1) is 17.9 Å². The van der Waals surface area contributed by atoms with Crippen LogP contribution in [-0.4, -0.2) is 16.1 Å². The Morgan fingerprint density at radius 2 is 1.44 bits per heavy atom. The molecule has 1 N–H and O–H groups in total. The molecule has 5 rings (SSSR count). The van der Waals surface area contributed by atoms with E-state index < -0.39 is 6.09 Å².